The van der Waals surface area contributed by atoms with E-state index in [0.29, 0.717) is 38.8 Å². The minimum atomic E-state index is -1.20. The third-order valence-electron chi connectivity index (χ3n) is 6.23. The fourth-order valence-electron chi connectivity index (χ4n) is 4.01. The first-order chi connectivity index (χ1) is 21.1. The molecule has 0 radical (unpaired) electrons. The van der Waals surface area contributed by atoms with E-state index in [-0.39, 0.29) is 22.2 Å². The maximum Gasteiger partial charge on any atom is 0.337 e. The number of rotatable bonds is 11. The van der Waals surface area contributed by atoms with Gasteiger partial charge in [0.25, 0.3) is 11.8 Å². The third kappa shape index (κ3) is 8.73. The molecular weight excluding hydrogens is 621 g/mol. The monoisotopic (exact) mass is 647 g/mol. The molecule has 4 aromatic rings. The van der Waals surface area contributed by atoms with Crippen LogP contribution in [0, 0.1) is 0 Å². The summed E-state index contributed by atoms with van der Waals surface area (Å²) in [6.07, 6.45) is 1.98. The quantitative estimate of drug-likeness (QED) is 0.0981. The van der Waals surface area contributed by atoms with Crippen LogP contribution in [-0.4, -0.2) is 34.0 Å². The molecule has 1 unspecified atom stereocenters. The number of carboxylic acids is 1. The molecule has 0 bridgehead atoms. The molecule has 0 saturated carbocycles. The fourth-order valence-corrected chi connectivity index (χ4v) is 5.41. The number of thioether (sulfide) groups is 1. The van der Waals surface area contributed by atoms with Crippen LogP contribution in [0.4, 0.5) is 11.4 Å². The van der Waals surface area contributed by atoms with E-state index in [1.54, 1.807) is 78.9 Å². The molecular formula is C33H27Cl2N3O5S. The van der Waals surface area contributed by atoms with Gasteiger partial charge in [-0.3, -0.25) is 14.4 Å². The summed E-state index contributed by atoms with van der Waals surface area (Å²) < 4.78 is 0. The van der Waals surface area contributed by atoms with Crippen LogP contribution in [0.1, 0.15) is 39.6 Å². The first-order valence-corrected chi connectivity index (χ1v) is 15.0. The Morgan fingerprint density at radius 3 is 2.23 bits per heavy atom. The van der Waals surface area contributed by atoms with E-state index in [2.05, 4.69) is 16.0 Å². The van der Waals surface area contributed by atoms with Gasteiger partial charge in [0, 0.05) is 26.9 Å². The van der Waals surface area contributed by atoms with Gasteiger partial charge in [0.2, 0.25) is 5.91 Å². The molecule has 0 aliphatic carbocycles. The highest BCUT2D eigenvalue weighted by atomic mass is 35.5. The Kier molecular flexibility index (Phi) is 11.2. The molecule has 0 saturated heterocycles. The highest BCUT2D eigenvalue weighted by molar-refractivity contribution is 8.00. The Labute approximate surface area is 268 Å². The summed E-state index contributed by atoms with van der Waals surface area (Å²) in [5.74, 6) is -2.55. The van der Waals surface area contributed by atoms with Gasteiger partial charge in [-0.1, -0.05) is 72.6 Å². The van der Waals surface area contributed by atoms with Crippen molar-refractivity contribution in [1.82, 2.24) is 5.32 Å². The van der Waals surface area contributed by atoms with Crippen LogP contribution >= 0.6 is 35.0 Å². The molecule has 0 spiro atoms. The molecule has 0 aliphatic rings. The van der Waals surface area contributed by atoms with Crippen LogP contribution in [0.15, 0.2) is 108 Å². The number of carbonyl (C=O) groups is 4. The summed E-state index contributed by atoms with van der Waals surface area (Å²) in [5, 5.41) is 17.5. The lowest BCUT2D eigenvalue weighted by atomic mass is 10.1. The van der Waals surface area contributed by atoms with Crippen LogP contribution in [0.25, 0.3) is 6.08 Å². The van der Waals surface area contributed by atoms with E-state index in [1.165, 1.54) is 36.0 Å². The molecule has 3 amide bonds. The zero-order chi connectivity index (χ0) is 31.6. The Hall–Kier alpha value is -4.57. The number of amides is 3. The Balaban J connectivity index is 1.50. The molecule has 0 fully saturated rings. The molecule has 8 nitrogen and oxygen atoms in total. The van der Waals surface area contributed by atoms with Gasteiger partial charge < -0.3 is 21.1 Å². The summed E-state index contributed by atoms with van der Waals surface area (Å²) in [5.41, 5.74) is 1.55. The first kappa shape index (κ1) is 32.3. The second kappa shape index (κ2) is 15.2. The van der Waals surface area contributed by atoms with Gasteiger partial charge in [-0.25, -0.2) is 4.79 Å². The van der Waals surface area contributed by atoms with Crippen molar-refractivity contribution < 1.29 is 24.3 Å². The minimum Gasteiger partial charge on any atom is -0.478 e. The van der Waals surface area contributed by atoms with Crippen molar-refractivity contribution in [3.8, 4) is 0 Å². The molecule has 4 aromatic carbocycles. The molecule has 224 valence electrons. The van der Waals surface area contributed by atoms with Crippen molar-refractivity contribution in [2.24, 2.45) is 0 Å². The number of hydrogen-bond donors (Lipinski definition) is 4. The van der Waals surface area contributed by atoms with E-state index >= 15 is 0 Å². The van der Waals surface area contributed by atoms with Crippen molar-refractivity contribution in [3.05, 3.63) is 129 Å². The molecule has 0 heterocycles. The van der Waals surface area contributed by atoms with Crippen LogP contribution in [-0.2, 0) is 9.59 Å². The van der Waals surface area contributed by atoms with Gasteiger partial charge >= 0.3 is 5.97 Å². The molecule has 1 atom stereocenters. The molecule has 4 rings (SSSR count). The first-order valence-electron chi connectivity index (χ1n) is 13.4. The van der Waals surface area contributed by atoms with E-state index in [0.717, 1.165) is 0 Å². The van der Waals surface area contributed by atoms with E-state index in [1.807, 2.05) is 6.92 Å². The van der Waals surface area contributed by atoms with Crippen LogP contribution in [0.3, 0.4) is 0 Å². The van der Waals surface area contributed by atoms with Gasteiger partial charge in [0.05, 0.1) is 15.8 Å². The van der Waals surface area contributed by atoms with Crippen molar-refractivity contribution in [2.45, 2.75) is 23.5 Å². The molecule has 11 heteroatoms. The van der Waals surface area contributed by atoms with Gasteiger partial charge in [-0.15, -0.1) is 11.8 Å². The smallest absolute Gasteiger partial charge is 0.337 e. The maximum atomic E-state index is 13.4. The second-order valence-corrected chi connectivity index (χ2v) is 11.5. The van der Waals surface area contributed by atoms with Crippen molar-refractivity contribution in [3.63, 3.8) is 0 Å². The highest BCUT2D eigenvalue weighted by Gasteiger charge is 2.20. The number of aromatic carboxylic acids is 1. The molecule has 0 aliphatic heterocycles. The predicted octanol–water partition coefficient (Wildman–Crippen LogP) is 7.61. The summed E-state index contributed by atoms with van der Waals surface area (Å²) in [4.78, 5) is 51.5. The summed E-state index contributed by atoms with van der Waals surface area (Å²) in [7, 11) is 0. The Morgan fingerprint density at radius 1 is 0.818 bits per heavy atom. The maximum absolute atomic E-state index is 13.4. The zero-order valence-electron chi connectivity index (χ0n) is 23.3. The summed E-state index contributed by atoms with van der Waals surface area (Å²) in [6.45, 7) is 1.86. The number of carbonyl (C=O) groups excluding carboxylic acids is 3. The van der Waals surface area contributed by atoms with Crippen molar-refractivity contribution >= 4 is 76.1 Å². The van der Waals surface area contributed by atoms with E-state index < -0.39 is 23.0 Å². The third-order valence-corrected chi connectivity index (χ3v) is 8.26. The number of anilines is 2. The Bertz CT molecular complexity index is 1730. The second-order valence-electron chi connectivity index (χ2n) is 9.39. The van der Waals surface area contributed by atoms with Gasteiger partial charge in [0.15, 0.2) is 0 Å². The average Bonchev–Trinajstić information content (AvgIpc) is 3.01. The Morgan fingerprint density at radius 2 is 1.52 bits per heavy atom. The number of hydrogen-bond acceptors (Lipinski definition) is 5. The molecule has 44 heavy (non-hydrogen) atoms. The SMILES string of the molecule is CCC(Sc1cccc(NC(=O)/C(=C\c2ccccc2Cl)NC(=O)c2ccccc2)c1)C(=O)Nc1ccc(Cl)c(C(=O)O)c1. The summed E-state index contributed by atoms with van der Waals surface area (Å²) in [6, 6.07) is 26.7. The normalized spacial score (nSPS) is 11.8. The van der Waals surface area contributed by atoms with Crippen LogP contribution in [0.2, 0.25) is 10.0 Å². The van der Waals surface area contributed by atoms with Crippen molar-refractivity contribution in [1.29, 1.82) is 0 Å². The lowest BCUT2D eigenvalue weighted by Gasteiger charge is -2.16. The topological polar surface area (TPSA) is 125 Å². The average molecular weight is 649 g/mol. The summed E-state index contributed by atoms with van der Waals surface area (Å²) >= 11 is 13.5. The fraction of sp³-hybridized carbons (Fsp3) is 0.0909. The van der Waals surface area contributed by atoms with Gasteiger partial charge in [-0.05, 0) is 72.7 Å². The number of benzene rings is 4. The van der Waals surface area contributed by atoms with E-state index in [4.69, 9.17) is 23.2 Å². The van der Waals surface area contributed by atoms with Gasteiger partial charge in [-0.2, -0.15) is 0 Å². The number of halogens is 2. The van der Waals surface area contributed by atoms with Crippen molar-refractivity contribution in [2.75, 3.05) is 10.6 Å². The van der Waals surface area contributed by atoms with Crippen LogP contribution < -0.4 is 16.0 Å². The predicted molar refractivity (Wildman–Crippen MR) is 175 cm³/mol. The standard InChI is InChI=1S/C33H27Cl2N3O5S/c1-2-29(32(41)37-23-15-16-27(35)25(19-23)33(42)43)44-24-13-8-12-22(18-24)36-31(40)28(17-21-11-6-7-14-26(21)34)38-30(39)20-9-4-3-5-10-20/h3-19,29H,2H2,1H3,(H,36,40)(H,37,41)(H,38,39)(H,42,43)/b28-17+. The van der Waals surface area contributed by atoms with Gasteiger partial charge in [0.1, 0.15) is 5.70 Å². The minimum absolute atomic E-state index is 0.0143. The number of carboxylic acid groups (broad SMARTS) is 1. The lowest BCUT2D eigenvalue weighted by Crippen LogP contribution is -2.30. The van der Waals surface area contributed by atoms with Crippen LogP contribution in [0.5, 0.6) is 0 Å². The molecule has 4 N–H and O–H groups in total. The number of nitrogens with one attached hydrogen (secondary N) is 3. The molecule has 0 aromatic heterocycles. The zero-order valence-corrected chi connectivity index (χ0v) is 25.7. The largest absolute Gasteiger partial charge is 0.478 e. The highest BCUT2D eigenvalue weighted by Crippen LogP contribution is 2.29. The lowest BCUT2D eigenvalue weighted by molar-refractivity contribution is -0.116. The van der Waals surface area contributed by atoms with E-state index in [9.17, 15) is 24.3 Å².